The molecule has 3 aromatic rings. The van der Waals surface area contributed by atoms with E-state index in [1.807, 2.05) is 0 Å². The second kappa shape index (κ2) is 9.92. The molecule has 1 aliphatic rings. The van der Waals surface area contributed by atoms with Crippen molar-refractivity contribution in [2.45, 2.75) is 25.9 Å². The summed E-state index contributed by atoms with van der Waals surface area (Å²) in [5.41, 5.74) is 2.43. The minimum Gasteiger partial charge on any atom is -0.469 e. The van der Waals surface area contributed by atoms with E-state index in [0.717, 1.165) is 5.56 Å². The zero-order valence-corrected chi connectivity index (χ0v) is 19.2. The minimum atomic E-state index is -1.01. The molecule has 182 valence electrons. The third kappa shape index (κ3) is 5.13. The third-order valence-corrected chi connectivity index (χ3v) is 5.72. The monoisotopic (exact) mass is 481 g/mol. The molecule has 0 saturated carbocycles. The van der Waals surface area contributed by atoms with Gasteiger partial charge in [-0.3, -0.25) is 19.2 Å². The summed E-state index contributed by atoms with van der Waals surface area (Å²) in [6.07, 6.45) is 1.29. The zero-order chi connectivity index (χ0) is 25.1. The lowest BCUT2D eigenvalue weighted by Gasteiger charge is -2.34. The summed E-state index contributed by atoms with van der Waals surface area (Å²) in [6, 6.07) is 8.11. The number of carbonyl (C=O) groups excluding carboxylic acids is 4. The van der Waals surface area contributed by atoms with E-state index >= 15 is 0 Å². The van der Waals surface area contributed by atoms with Gasteiger partial charge in [-0.05, 0) is 29.8 Å². The van der Waals surface area contributed by atoms with E-state index in [4.69, 9.17) is 0 Å². The van der Waals surface area contributed by atoms with Crippen LogP contribution in [0.15, 0.2) is 42.7 Å². The number of benzene rings is 2. The summed E-state index contributed by atoms with van der Waals surface area (Å²) >= 11 is 0. The topological polar surface area (TPSA) is 123 Å². The van der Waals surface area contributed by atoms with Crippen molar-refractivity contribution in [2.75, 3.05) is 25.5 Å². The molecule has 11 heteroatoms. The van der Waals surface area contributed by atoms with Gasteiger partial charge in [0.15, 0.2) is 0 Å². The minimum absolute atomic E-state index is 0.206. The van der Waals surface area contributed by atoms with Crippen molar-refractivity contribution in [3.63, 3.8) is 0 Å². The first kappa shape index (κ1) is 23.9. The zero-order valence-electron chi connectivity index (χ0n) is 19.2. The lowest BCUT2D eigenvalue weighted by atomic mass is 10.1. The molecule has 1 aliphatic heterocycles. The summed E-state index contributed by atoms with van der Waals surface area (Å²) in [6.45, 7) is 2.17. The number of aromatic nitrogens is 2. The molecule has 0 unspecified atom stereocenters. The van der Waals surface area contributed by atoms with E-state index in [2.05, 4.69) is 20.4 Å². The van der Waals surface area contributed by atoms with Crippen molar-refractivity contribution in [1.29, 1.82) is 0 Å². The van der Waals surface area contributed by atoms with Gasteiger partial charge in [0.05, 0.1) is 36.6 Å². The van der Waals surface area contributed by atoms with E-state index in [-0.39, 0.29) is 36.8 Å². The molecule has 1 atom stereocenters. The van der Waals surface area contributed by atoms with Crippen LogP contribution in [-0.2, 0) is 25.7 Å². The maximum atomic E-state index is 13.4. The predicted octanol–water partition coefficient (Wildman–Crippen LogP) is 1.69. The molecule has 10 nitrogen and oxygen atoms in total. The Balaban J connectivity index is 1.71. The van der Waals surface area contributed by atoms with E-state index < -0.39 is 23.8 Å². The molecule has 2 heterocycles. The fourth-order valence-electron chi connectivity index (χ4n) is 4.09. The van der Waals surface area contributed by atoms with Crippen LogP contribution in [0, 0.1) is 5.82 Å². The number of carbonyl (C=O) groups is 4. The van der Waals surface area contributed by atoms with Gasteiger partial charge in [-0.1, -0.05) is 12.1 Å². The summed E-state index contributed by atoms with van der Waals surface area (Å²) < 4.78 is 19.8. The van der Waals surface area contributed by atoms with Gasteiger partial charge in [-0.2, -0.15) is 0 Å². The average Bonchev–Trinajstić information content (AvgIpc) is 3.23. The summed E-state index contributed by atoms with van der Waals surface area (Å²) in [5, 5.41) is 5.40. The largest absolute Gasteiger partial charge is 0.469 e. The van der Waals surface area contributed by atoms with Gasteiger partial charge in [0, 0.05) is 32.1 Å². The molecule has 1 saturated heterocycles. The Bertz CT molecular complexity index is 1300. The van der Waals surface area contributed by atoms with Gasteiger partial charge in [0.1, 0.15) is 11.9 Å². The predicted molar refractivity (Wildman–Crippen MR) is 124 cm³/mol. The van der Waals surface area contributed by atoms with Gasteiger partial charge < -0.3 is 24.8 Å². The molecular formula is C24H24FN5O5. The molecule has 2 aromatic carbocycles. The van der Waals surface area contributed by atoms with Gasteiger partial charge in [0.2, 0.25) is 11.8 Å². The quantitative estimate of drug-likeness (QED) is 0.517. The Kier molecular flexibility index (Phi) is 6.76. The Morgan fingerprint density at radius 3 is 2.66 bits per heavy atom. The average molecular weight is 481 g/mol. The van der Waals surface area contributed by atoms with Crippen molar-refractivity contribution in [2.24, 2.45) is 0 Å². The lowest BCUT2D eigenvalue weighted by Crippen LogP contribution is -2.57. The highest BCUT2D eigenvalue weighted by molar-refractivity contribution is 6.06. The first-order valence-electron chi connectivity index (χ1n) is 10.9. The molecule has 1 aromatic heterocycles. The number of nitrogens with one attached hydrogen (secondary N) is 2. The number of ether oxygens (including phenoxy) is 1. The van der Waals surface area contributed by atoms with Crippen LogP contribution in [0.1, 0.15) is 29.3 Å². The van der Waals surface area contributed by atoms with Crippen LogP contribution in [0.2, 0.25) is 0 Å². The number of rotatable bonds is 6. The molecule has 0 spiro atoms. The lowest BCUT2D eigenvalue weighted by molar-refractivity contribution is -0.145. The fourth-order valence-corrected chi connectivity index (χ4v) is 4.09. The van der Waals surface area contributed by atoms with Crippen molar-refractivity contribution in [3.8, 4) is 0 Å². The number of imidazole rings is 1. The second-order valence-electron chi connectivity index (χ2n) is 8.16. The highest BCUT2D eigenvalue weighted by Crippen LogP contribution is 2.28. The molecule has 35 heavy (non-hydrogen) atoms. The summed E-state index contributed by atoms with van der Waals surface area (Å²) in [4.78, 5) is 55.3. The number of amides is 3. The highest BCUT2D eigenvalue weighted by atomic mass is 19.1. The van der Waals surface area contributed by atoms with E-state index in [1.54, 1.807) is 29.1 Å². The number of halogens is 1. The first-order chi connectivity index (χ1) is 16.8. The highest BCUT2D eigenvalue weighted by Gasteiger charge is 2.35. The van der Waals surface area contributed by atoms with E-state index in [9.17, 15) is 23.6 Å². The van der Waals surface area contributed by atoms with Crippen LogP contribution >= 0.6 is 0 Å². The second-order valence-corrected chi connectivity index (χ2v) is 8.16. The van der Waals surface area contributed by atoms with Crippen LogP contribution in [-0.4, -0.2) is 64.4 Å². The summed E-state index contributed by atoms with van der Waals surface area (Å²) in [5.74, 6) is -2.22. The number of esters is 1. The van der Waals surface area contributed by atoms with Crippen LogP contribution < -0.4 is 10.6 Å². The molecule has 0 aliphatic carbocycles. The van der Waals surface area contributed by atoms with Gasteiger partial charge in [0.25, 0.3) is 5.91 Å². The van der Waals surface area contributed by atoms with E-state index in [1.165, 1.54) is 37.1 Å². The van der Waals surface area contributed by atoms with E-state index in [0.29, 0.717) is 23.3 Å². The standard InChI is InChI=1S/C24H24FN5O5/c1-14(31)28-19-10-16(24(34)30-8-7-26-23(33)20(30)11-21(32)35-2)9-18-22(19)29(13-27-18)12-15-3-5-17(25)6-4-15/h3-6,9-10,13,20H,7-8,11-12H2,1-2H3,(H,26,33)(H,28,31)/t20-/m1/s1. The molecule has 4 rings (SSSR count). The van der Waals surface area contributed by atoms with Gasteiger partial charge in [-0.25, -0.2) is 9.37 Å². The fraction of sp³-hybridized carbons (Fsp3) is 0.292. The summed E-state index contributed by atoms with van der Waals surface area (Å²) in [7, 11) is 1.21. The van der Waals surface area contributed by atoms with Crippen molar-refractivity contribution in [1.82, 2.24) is 19.8 Å². The SMILES string of the molecule is COC(=O)C[C@@H]1C(=O)NCCN1C(=O)c1cc(NC(C)=O)c2c(c1)ncn2Cc1ccc(F)cc1. The number of hydrogen-bond donors (Lipinski definition) is 2. The molecule has 2 N–H and O–H groups in total. The van der Waals surface area contributed by atoms with Crippen LogP contribution in [0.25, 0.3) is 11.0 Å². The Hall–Kier alpha value is -4.28. The van der Waals surface area contributed by atoms with Gasteiger partial charge in [-0.15, -0.1) is 0 Å². The molecule has 3 amide bonds. The first-order valence-corrected chi connectivity index (χ1v) is 10.9. The number of hydrogen-bond acceptors (Lipinski definition) is 6. The van der Waals surface area contributed by atoms with Crippen molar-refractivity contribution in [3.05, 3.63) is 59.7 Å². The number of anilines is 1. The van der Waals surface area contributed by atoms with Crippen LogP contribution in [0.3, 0.4) is 0 Å². The maximum Gasteiger partial charge on any atom is 0.308 e. The van der Waals surface area contributed by atoms with Crippen molar-refractivity contribution < 1.29 is 28.3 Å². The maximum absolute atomic E-state index is 13.4. The molecule has 0 radical (unpaired) electrons. The Labute approximate surface area is 200 Å². The van der Waals surface area contributed by atoms with Crippen LogP contribution in [0.5, 0.6) is 0 Å². The third-order valence-electron chi connectivity index (χ3n) is 5.72. The number of methoxy groups -OCH3 is 1. The van der Waals surface area contributed by atoms with Gasteiger partial charge >= 0.3 is 5.97 Å². The molecule has 0 bridgehead atoms. The Morgan fingerprint density at radius 2 is 1.97 bits per heavy atom. The molecule has 1 fully saturated rings. The van der Waals surface area contributed by atoms with Crippen LogP contribution in [0.4, 0.5) is 10.1 Å². The normalized spacial score (nSPS) is 15.6. The van der Waals surface area contributed by atoms with Crippen molar-refractivity contribution >= 4 is 40.4 Å². The number of piperazine rings is 1. The smallest absolute Gasteiger partial charge is 0.308 e. The molecular weight excluding hydrogens is 457 g/mol. The Morgan fingerprint density at radius 1 is 1.23 bits per heavy atom. The number of fused-ring (bicyclic) bond motifs is 1. The number of nitrogens with zero attached hydrogens (tertiary/aromatic N) is 3.